The Kier molecular flexibility index (Phi) is 6.05. The molecule has 0 saturated heterocycles. The number of halogens is 1. The van der Waals surface area contributed by atoms with Gasteiger partial charge in [-0.1, -0.05) is 23.7 Å². The first-order valence-electron chi connectivity index (χ1n) is 8.99. The Morgan fingerprint density at radius 1 is 1.13 bits per heavy atom. The minimum atomic E-state index is -1.03. The summed E-state index contributed by atoms with van der Waals surface area (Å²) in [5.74, 6) is -1.57. The lowest BCUT2D eigenvalue weighted by Gasteiger charge is -2.12. The summed E-state index contributed by atoms with van der Waals surface area (Å²) in [6.45, 7) is 11.1. The number of aromatic nitrogens is 1. The van der Waals surface area contributed by atoms with Crippen LogP contribution in [0, 0.1) is 20.4 Å². The van der Waals surface area contributed by atoms with Crippen molar-refractivity contribution in [1.82, 2.24) is 4.57 Å². The number of hydrogen-bond acceptors (Lipinski definition) is 2. The van der Waals surface area contributed by atoms with Crippen molar-refractivity contribution in [2.45, 2.75) is 13.8 Å². The van der Waals surface area contributed by atoms with Gasteiger partial charge >= 0.3 is 5.97 Å². The molecule has 30 heavy (non-hydrogen) atoms. The van der Waals surface area contributed by atoms with E-state index in [1.165, 1.54) is 12.1 Å². The zero-order valence-corrected chi connectivity index (χ0v) is 17.1. The number of nitrogens with one attached hydrogen (secondary N) is 1. The molecule has 2 N–H and O–H groups in total. The van der Waals surface area contributed by atoms with Gasteiger partial charge < -0.3 is 15.0 Å². The predicted molar refractivity (Wildman–Crippen MR) is 117 cm³/mol. The molecular weight excluding hydrogens is 402 g/mol. The summed E-state index contributed by atoms with van der Waals surface area (Å²) >= 11 is 5.85. The highest BCUT2D eigenvalue weighted by atomic mass is 35.5. The molecule has 0 aliphatic heterocycles. The molecule has 0 aliphatic rings. The molecule has 0 aliphatic carbocycles. The highest BCUT2D eigenvalue weighted by Gasteiger charge is 2.17. The molecule has 2 aromatic carbocycles. The molecule has 7 heteroatoms. The van der Waals surface area contributed by atoms with Gasteiger partial charge in [-0.25, -0.2) is 9.64 Å². The Bertz CT molecular complexity index is 1200. The third kappa shape index (κ3) is 4.27. The fraction of sp³-hybridized carbons (Fsp3) is 0.0870. The highest BCUT2D eigenvalue weighted by molar-refractivity contribution is 6.30. The van der Waals surface area contributed by atoms with Crippen LogP contribution < -0.4 is 5.32 Å². The van der Waals surface area contributed by atoms with Gasteiger partial charge in [-0.2, -0.15) is 0 Å². The Hall–Kier alpha value is -3.82. The summed E-state index contributed by atoms with van der Waals surface area (Å²) in [6, 6.07) is 15.1. The topological polar surface area (TPSA) is 75.7 Å². The number of rotatable bonds is 5. The quantitative estimate of drug-likeness (QED) is 0.432. The molecule has 0 saturated carbocycles. The number of carboxylic acid groups (broad SMARTS) is 1. The second-order valence-electron chi connectivity index (χ2n) is 6.59. The number of anilines is 1. The number of hydrogen-bond donors (Lipinski definition) is 2. The van der Waals surface area contributed by atoms with Crippen molar-refractivity contribution in [2.24, 2.45) is 0 Å². The molecule has 1 aromatic heterocycles. The number of aromatic carboxylic acids is 1. The van der Waals surface area contributed by atoms with Crippen molar-refractivity contribution in [3.8, 4) is 5.69 Å². The average Bonchev–Trinajstić information content (AvgIpc) is 3.00. The van der Waals surface area contributed by atoms with E-state index in [2.05, 4.69) is 10.2 Å². The molecule has 0 atom stereocenters. The van der Waals surface area contributed by atoms with Gasteiger partial charge in [0, 0.05) is 22.1 Å². The van der Waals surface area contributed by atoms with Crippen molar-refractivity contribution in [1.29, 1.82) is 0 Å². The van der Waals surface area contributed by atoms with Crippen LogP contribution in [0.2, 0.25) is 5.02 Å². The van der Waals surface area contributed by atoms with Crippen molar-refractivity contribution in [3.63, 3.8) is 0 Å². The van der Waals surface area contributed by atoms with Crippen molar-refractivity contribution < 1.29 is 14.7 Å². The summed E-state index contributed by atoms with van der Waals surface area (Å²) in [6.07, 6.45) is 1.50. The van der Waals surface area contributed by atoms with E-state index in [1.54, 1.807) is 47.0 Å². The Morgan fingerprint density at radius 3 is 2.43 bits per heavy atom. The van der Waals surface area contributed by atoms with E-state index in [0.717, 1.165) is 11.4 Å². The normalized spacial score (nSPS) is 11.1. The Morgan fingerprint density at radius 2 is 1.80 bits per heavy atom. The van der Waals surface area contributed by atoms with E-state index in [-0.39, 0.29) is 11.3 Å². The van der Waals surface area contributed by atoms with Gasteiger partial charge in [0.1, 0.15) is 0 Å². The second-order valence-corrected chi connectivity index (χ2v) is 7.02. The first-order valence-corrected chi connectivity index (χ1v) is 9.37. The van der Waals surface area contributed by atoms with E-state index in [0.29, 0.717) is 22.0 Å². The van der Waals surface area contributed by atoms with Crippen LogP contribution in [0.25, 0.3) is 16.6 Å². The Labute approximate surface area is 178 Å². The fourth-order valence-electron chi connectivity index (χ4n) is 3.18. The third-order valence-electron chi connectivity index (χ3n) is 4.59. The lowest BCUT2D eigenvalue weighted by molar-refractivity contribution is -0.112. The number of nitrogens with zero attached hydrogens (tertiary/aromatic N) is 2. The van der Waals surface area contributed by atoms with Crippen LogP contribution in [-0.4, -0.2) is 21.6 Å². The number of carbonyl (C=O) groups excluding carboxylic acids is 1. The molecule has 1 amide bonds. The summed E-state index contributed by atoms with van der Waals surface area (Å²) in [5.41, 5.74) is 3.30. The fourth-order valence-corrected chi connectivity index (χ4v) is 3.30. The van der Waals surface area contributed by atoms with E-state index in [9.17, 15) is 14.7 Å². The van der Waals surface area contributed by atoms with Crippen molar-refractivity contribution in [2.75, 3.05) is 5.32 Å². The molecule has 0 radical (unpaired) electrons. The number of amides is 1. The number of benzene rings is 2. The second kappa shape index (κ2) is 8.68. The lowest BCUT2D eigenvalue weighted by atomic mass is 10.1. The van der Waals surface area contributed by atoms with E-state index in [4.69, 9.17) is 18.2 Å². The van der Waals surface area contributed by atoms with Crippen LogP contribution in [0.4, 0.5) is 5.69 Å². The molecule has 0 spiro atoms. The van der Waals surface area contributed by atoms with Crippen LogP contribution in [0.5, 0.6) is 0 Å². The predicted octanol–water partition coefficient (Wildman–Crippen LogP) is 5.34. The summed E-state index contributed by atoms with van der Waals surface area (Å²) in [7, 11) is 0. The molecule has 1 heterocycles. The molecular formula is C23H18ClN3O3. The smallest absolute Gasteiger partial charge is 0.337 e. The van der Waals surface area contributed by atoms with Crippen LogP contribution in [0.1, 0.15) is 27.3 Å². The third-order valence-corrected chi connectivity index (χ3v) is 4.85. The van der Waals surface area contributed by atoms with Gasteiger partial charge in [0.15, 0.2) is 0 Å². The van der Waals surface area contributed by atoms with Gasteiger partial charge in [-0.05, 0) is 68.0 Å². The van der Waals surface area contributed by atoms with Gasteiger partial charge in [0.25, 0.3) is 11.6 Å². The summed E-state index contributed by atoms with van der Waals surface area (Å²) in [5, 5.41) is 12.7. The van der Waals surface area contributed by atoms with Crippen molar-refractivity contribution in [3.05, 3.63) is 99.2 Å². The van der Waals surface area contributed by atoms with Crippen LogP contribution in [-0.2, 0) is 4.79 Å². The molecule has 6 nitrogen and oxygen atoms in total. The lowest BCUT2D eigenvalue weighted by Crippen LogP contribution is -2.12. The largest absolute Gasteiger partial charge is 0.478 e. The standard InChI is InChI=1S/C23H18ClN3O3/c1-14-12-16(15(2)27(14)21-7-5-4-6-19(21)23(29)30)13-20(25-3)22(28)26-18-10-8-17(24)9-11-18/h4-13H,1-2H3,(H,26,28)(H,29,30)/b20-13-. The minimum Gasteiger partial charge on any atom is -0.478 e. The molecule has 3 aromatic rings. The minimum absolute atomic E-state index is 0.0864. The highest BCUT2D eigenvalue weighted by Crippen LogP contribution is 2.26. The van der Waals surface area contributed by atoms with Crippen LogP contribution >= 0.6 is 11.6 Å². The van der Waals surface area contributed by atoms with Crippen molar-refractivity contribution >= 4 is 35.2 Å². The first kappa shape index (κ1) is 20.9. The van der Waals surface area contributed by atoms with Crippen LogP contribution in [0.15, 0.2) is 60.3 Å². The van der Waals surface area contributed by atoms with Gasteiger partial charge in [0.05, 0.1) is 17.8 Å². The maximum atomic E-state index is 12.5. The molecule has 3 rings (SSSR count). The summed E-state index contributed by atoms with van der Waals surface area (Å²) < 4.78 is 1.80. The molecule has 0 unspecified atom stereocenters. The summed E-state index contributed by atoms with van der Waals surface area (Å²) in [4.78, 5) is 27.5. The van der Waals surface area contributed by atoms with Gasteiger partial charge in [-0.15, -0.1) is 0 Å². The molecule has 0 bridgehead atoms. The van der Waals surface area contributed by atoms with E-state index >= 15 is 0 Å². The van der Waals surface area contributed by atoms with Crippen LogP contribution in [0.3, 0.4) is 0 Å². The number of carboxylic acids is 1. The SMILES string of the molecule is [C-]#[N+]/C(=C\c1cc(C)n(-c2ccccc2C(=O)O)c1C)C(=O)Nc1ccc(Cl)cc1. The zero-order valence-electron chi connectivity index (χ0n) is 16.3. The number of para-hydroxylation sites is 1. The average molecular weight is 420 g/mol. The molecule has 150 valence electrons. The first-order chi connectivity index (χ1) is 14.3. The van der Waals surface area contributed by atoms with Gasteiger partial charge in [0.2, 0.25) is 0 Å². The zero-order chi connectivity index (χ0) is 21.8. The molecule has 0 fully saturated rings. The van der Waals surface area contributed by atoms with E-state index in [1.807, 2.05) is 19.9 Å². The Balaban J connectivity index is 1.98. The monoisotopic (exact) mass is 419 g/mol. The maximum Gasteiger partial charge on any atom is 0.337 e. The maximum absolute atomic E-state index is 12.5. The number of carbonyl (C=O) groups is 2. The number of aryl methyl sites for hydroxylation is 1. The van der Waals surface area contributed by atoms with E-state index < -0.39 is 11.9 Å². The van der Waals surface area contributed by atoms with Gasteiger partial charge in [-0.3, -0.25) is 4.79 Å².